The summed E-state index contributed by atoms with van der Waals surface area (Å²) < 4.78 is 39.5. The third-order valence-electron chi connectivity index (χ3n) is 4.82. The average Bonchev–Trinajstić information content (AvgIpc) is 3.01. The standard InChI is InChI=1S/C21H25FN4O3S/c1-13(2)20-18(21(27)14-6-7-17(25-11-14)30(3,28)29)19-16(5-4-10-24-19)26(20)12-15(22)8-9-23/h4-8,10-11,13,21,27H,9,12,23H2,1-3H3/b15-8-. The molecule has 0 spiro atoms. The number of rotatable bonds is 7. The van der Waals surface area contributed by atoms with Crippen molar-refractivity contribution in [2.24, 2.45) is 5.73 Å². The molecule has 0 radical (unpaired) electrons. The number of aliphatic hydroxyl groups excluding tert-OH is 1. The minimum atomic E-state index is -3.45. The van der Waals surface area contributed by atoms with Gasteiger partial charge in [-0.1, -0.05) is 19.9 Å². The van der Waals surface area contributed by atoms with Gasteiger partial charge in [0.25, 0.3) is 0 Å². The second-order valence-electron chi connectivity index (χ2n) is 7.40. The summed E-state index contributed by atoms with van der Waals surface area (Å²) >= 11 is 0. The maximum absolute atomic E-state index is 14.4. The van der Waals surface area contributed by atoms with Crippen molar-refractivity contribution in [1.29, 1.82) is 0 Å². The van der Waals surface area contributed by atoms with Gasteiger partial charge in [-0.25, -0.2) is 17.8 Å². The Morgan fingerprint density at radius 1 is 1.30 bits per heavy atom. The molecule has 1 unspecified atom stereocenters. The van der Waals surface area contributed by atoms with Crippen molar-refractivity contribution in [2.75, 3.05) is 12.8 Å². The molecule has 0 aliphatic carbocycles. The number of aliphatic hydroxyl groups is 1. The van der Waals surface area contributed by atoms with Gasteiger partial charge in [0.05, 0.1) is 17.6 Å². The van der Waals surface area contributed by atoms with Crippen molar-refractivity contribution in [3.05, 3.63) is 65.4 Å². The van der Waals surface area contributed by atoms with Gasteiger partial charge in [-0.3, -0.25) is 4.98 Å². The summed E-state index contributed by atoms with van der Waals surface area (Å²) in [7, 11) is -3.45. The predicted molar refractivity (Wildman–Crippen MR) is 113 cm³/mol. The molecule has 3 aromatic heterocycles. The van der Waals surface area contributed by atoms with Crippen LogP contribution in [-0.4, -0.2) is 40.9 Å². The van der Waals surface area contributed by atoms with Gasteiger partial charge in [0.2, 0.25) is 0 Å². The Morgan fingerprint density at radius 3 is 2.60 bits per heavy atom. The first kappa shape index (κ1) is 22.1. The first-order valence-corrected chi connectivity index (χ1v) is 11.4. The van der Waals surface area contributed by atoms with Crippen LogP contribution in [0.5, 0.6) is 0 Å². The summed E-state index contributed by atoms with van der Waals surface area (Å²) in [4.78, 5) is 8.41. The summed E-state index contributed by atoms with van der Waals surface area (Å²) in [6.45, 7) is 3.98. The summed E-state index contributed by atoms with van der Waals surface area (Å²) in [6, 6.07) is 6.47. The quantitative estimate of drug-likeness (QED) is 0.594. The second kappa shape index (κ2) is 8.63. The number of allylic oxidation sites excluding steroid dienone is 1. The first-order chi connectivity index (χ1) is 14.1. The van der Waals surface area contributed by atoms with E-state index in [-0.39, 0.29) is 29.9 Å². The number of pyridine rings is 2. The SMILES string of the molecule is CC(C)c1c(C(O)c2ccc(S(C)(=O)=O)nc2)c2ncccc2n1C/C(F)=C/CN. The topological polar surface area (TPSA) is 111 Å². The number of nitrogens with two attached hydrogens (primary N) is 1. The number of hydrogen-bond donors (Lipinski definition) is 2. The molecule has 3 rings (SSSR count). The fraction of sp³-hybridized carbons (Fsp3) is 0.333. The lowest BCUT2D eigenvalue weighted by atomic mass is 9.97. The fourth-order valence-corrected chi connectivity index (χ4v) is 4.12. The normalized spacial score (nSPS) is 13.9. The molecule has 3 aromatic rings. The fourth-order valence-electron chi connectivity index (χ4n) is 3.56. The molecule has 1 atom stereocenters. The van der Waals surface area contributed by atoms with E-state index in [2.05, 4.69) is 9.97 Å². The Hall–Kier alpha value is -2.62. The van der Waals surface area contributed by atoms with E-state index in [9.17, 15) is 17.9 Å². The monoisotopic (exact) mass is 432 g/mol. The molecule has 0 bridgehead atoms. The molecule has 160 valence electrons. The second-order valence-corrected chi connectivity index (χ2v) is 9.36. The summed E-state index contributed by atoms with van der Waals surface area (Å²) in [5.74, 6) is -0.418. The highest BCUT2D eigenvalue weighted by atomic mass is 32.2. The van der Waals surface area contributed by atoms with Crippen LogP contribution >= 0.6 is 0 Å². The maximum atomic E-state index is 14.4. The predicted octanol–water partition coefficient (Wildman–Crippen LogP) is 2.85. The van der Waals surface area contributed by atoms with Crippen LogP contribution in [0.1, 0.15) is 42.7 Å². The van der Waals surface area contributed by atoms with Gasteiger partial charge in [0.1, 0.15) is 11.9 Å². The van der Waals surface area contributed by atoms with Crippen LogP contribution in [0.25, 0.3) is 11.0 Å². The molecule has 9 heteroatoms. The molecule has 0 saturated carbocycles. The Balaban J connectivity index is 2.19. The highest BCUT2D eigenvalue weighted by molar-refractivity contribution is 7.90. The zero-order valence-corrected chi connectivity index (χ0v) is 17.9. The summed E-state index contributed by atoms with van der Waals surface area (Å²) in [5.41, 5.74) is 8.40. The Labute approximate surface area is 175 Å². The van der Waals surface area contributed by atoms with Crippen molar-refractivity contribution in [1.82, 2.24) is 14.5 Å². The van der Waals surface area contributed by atoms with E-state index < -0.39 is 15.9 Å². The molecule has 0 saturated heterocycles. The van der Waals surface area contributed by atoms with Gasteiger partial charge in [0.15, 0.2) is 14.9 Å². The first-order valence-electron chi connectivity index (χ1n) is 9.50. The molecule has 0 aliphatic heterocycles. The number of halogens is 1. The highest BCUT2D eigenvalue weighted by Gasteiger charge is 2.27. The van der Waals surface area contributed by atoms with E-state index in [1.807, 2.05) is 19.9 Å². The van der Waals surface area contributed by atoms with Crippen molar-refractivity contribution in [2.45, 2.75) is 37.4 Å². The van der Waals surface area contributed by atoms with Crippen molar-refractivity contribution < 1.29 is 17.9 Å². The van der Waals surface area contributed by atoms with Crippen molar-refractivity contribution in [3.8, 4) is 0 Å². The van der Waals surface area contributed by atoms with Gasteiger partial charge in [-0.2, -0.15) is 0 Å². The number of fused-ring (bicyclic) bond motifs is 1. The molecule has 3 heterocycles. The van der Waals surface area contributed by atoms with Crippen LogP contribution in [0, 0.1) is 0 Å². The molecule has 0 fully saturated rings. The zero-order chi connectivity index (χ0) is 22.1. The minimum Gasteiger partial charge on any atom is -0.383 e. The van der Waals surface area contributed by atoms with Crippen LogP contribution < -0.4 is 5.73 Å². The van der Waals surface area contributed by atoms with Gasteiger partial charge in [0, 0.05) is 42.0 Å². The average molecular weight is 433 g/mol. The molecule has 0 amide bonds. The van der Waals surface area contributed by atoms with E-state index in [0.717, 1.165) is 11.9 Å². The van der Waals surface area contributed by atoms with E-state index in [1.165, 1.54) is 24.4 Å². The zero-order valence-electron chi connectivity index (χ0n) is 17.1. The lowest BCUT2D eigenvalue weighted by Crippen LogP contribution is -2.11. The van der Waals surface area contributed by atoms with Crippen molar-refractivity contribution >= 4 is 20.9 Å². The molecule has 7 nitrogen and oxygen atoms in total. The van der Waals surface area contributed by atoms with Crippen LogP contribution in [0.4, 0.5) is 4.39 Å². The summed E-state index contributed by atoms with van der Waals surface area (Å²) in [5, 5.41) is 11.1. The molecule has 30 heavy (non-hydrogen) atoms. The van der Waals surface area contributed by atoms with Crippen LogP contribution in [0.2, 0.25) is 0 Å². The third kappa shape index (κ3) is 4.28. The number of sulfone groups is 1. The smallest absolute Gasteiger partial charge is 0.192 e. The molecule has 3 N–H and O–H groups in total. The Bertz CT molecular complexity index is 1180. The molecule has 0 aromatic carbocycles. The van der Waals surface area contributed by atoms with E-state index in [4.69, 9.17) is 5.73 Å². The molecule has 0 aliphatic rings. The minimum absolute atomic E-state index is 0.0229. The maximum Gasteiger partial charge on any atom is 0.192 e. The lowest BCUT2D eigenvalue weighted by Gasteiger charge is -2.18. The molecular weight excluding hydrogens is 407 g/mol. The molecular formula is C21H25FN4O3S. The van der Waals surface area contributed by atoms with Gasteiger partial charge in [-0.05, 0) is 30.2 Å². The van der Waals surface area contributed by atoms with E-state index in [1.54, 1.807) is 16.8 Å². The van der Waals surface area contributed by atoms with Crippen LogP contribution in [0.3, 0.4) is 0 Å². The van der Waals surface area contributed by atoms with E-state index >= 15 is 0 Å². The number of hydrogen-bond acceptors (Lipinski definition) is 6. The largest absolute Gasteiger partial charge is 0.383 e. The van der Waals surface area contributed by atoms with Gasteiger partial charge in [-0.15, -0.1) is 0 Å². The van der Waals surface area contributed by atoms with Crippen LogP contribution in [-0.2, 0) is 16.4 Å². The van der Waals surface area contributed by atoms with E-state index in [0.29, 0.717) is 22.2 Å². The van der Waals surface area contributed by atoms with Gasteiger partial charge >= 0.3 is 0 Å². The lowest BCUT2D eigenvalue weighted by molar-refractivity contribution is 0.219. The van der Waals surface area contributed by atoms with Gasteiger partial charge < -0.3 is 15.4 Å². The Kier molecular flexibility index (Phi) is 6.35. The number of nitrogens with zero attached hydrogens (tertiary/aromatic N) is 3. The third-order valence-corrected chi connectivity index (χ3v) is 5.82. The van der Waals surface area contributed by atoms with Crippen LogP contribution in [0.15, 0.2) is 53.6 Å². The van der Waals surface area contributed by atoms with Crippen molar-refractivity contribution in [3.63, 3.8) is 0 Å². The highest BCUT2D eigenvalue weighted by Crippen LogP contribution is 2.37. The summed E-state index contributed by atoms with van der Waals surface area (Å²) in [6.07, 6.45) is 4.24. The number of aromatic nitrogens is 3. The Morgan fingerprint density at radius 2 is 2.03 bits per heavy atom.